The Morgan fingerprint density at radius 2 is 1.74 bits per heavy atom. The van der Waals surface area contributed by atoms with E-state index in [0.717, 1.165) is 5.56 Å². The van der Waals surface area contributed by atoms with Gasteiger partial charge >= 0.3 is 0 Å². The van der Waals surface area contributed by atoms with E-state index >= 15 is 0 Å². The maximum atomic E-state index is 13.6. The van der Waals surface area contributed by atoms with E-state index in [1.54, 1.807) is 74.6 Å². The van der Waals surface area contributed by atoms with E-state index in [2.05, 4.69) is 5.32 Å². The molecule has 34 heavy (non-hydrogen) atoms. The van der Waals surface area contributed by atoms with Crippen molar-refractivity contribution in [3.8, 4) is 11.5 Å². The van der Waals surface area contributed by atoms with Crippen molar-refractivity contribution in [1.29, 1.82) is 0 Å². The van der Waals surface area contributed by atoms with E-state index in [0.29, 0.717) is 40.7 Å². The summed E-state index contributed by atoms with van der Waals surface area (Å²) in [6.45, 7) is 1.79. The van der Waals surface area contributed by atoms with Gasteiger partial charge in [0.15, 0.2) is 0 Å². The average Bonchev–Trinajstić information content (AvgIpc) is 3.20. The summed E-state index contributed by atoms with van der Waals surface area (Å²) in [6.07, 6.45) is 2.08. The van der Waals surface area contributed by atoms with Crippen molar-refractivity contribution in [3.63, 3.8) is 0 Å². The van der Waals surface area contributed by atoms with E-state index in [1.807, 2.05) is 30.3 Å². The second-order valence-corrected chi connectivity index (χ2v) is 7.53. The summed E-state index contributed by atoms with van der Waals surface area (Å²) in [4.78, 5) is 31.5. The van der Waals surface area contributed by atoms with Crippen molar-refractivity contribution in [2.24, 2.45) is 4.99 Å². The van der Waals surface area contributed by atoms with Crippen molar-refractivity contribution >= 4 is 35.1 Å². The Kier molecular flexibility index (Phi) is 6.73. The molecule has 7 nitrogen and oxygen atoms in total. The predicted molar refractivity (Wildman–Crippen MR) is 133 cm³/mol. The molecular weight excluding hydrogens is 430 g/mol. The molecule has 0 radical (unpaired) electrons. The smallest absolute Gasteiger partial charge is 0.282 e. The molecule has 0 saturated carbocycles. The number of nitrogens with one attached hydrogen (secondary N) is 1. The highest BCUT2D eigenvalue weighted by molar-refractivity contribution is 6.33. The van der Waals surface area contributed by atoms with E-state index in [4.69, 9.17) is 14.5 Å². The molecule has 3 aromatic rings. The molecular formula is C27H25N3O4. The Morgan fingerprint density at radius 1 is 1.00 bits per heavy atom. The highest BCUT2D eigenvalue weighted by atomic mass is 16.5. The van der Waals surface area contributed by atoms with Gasteiger partial charge in [0.05, 0.1) is 19.9 Å². The first kappa shape index (κ1) is 22.8. The molecule has 1 aliphatic rings. The summed E-state index contributed by atoms with van der Waals surface area (Å²) in [5.74, 6) is 1.42. The fourth-order valence-corrected chi connectivity index (χ4v) is 3.58. The van der Waals surface area contributed by atoms with Crippen LogP contribution < -0.4 is 19.7 Å². The number of nitrogens with zero attached hydrogens (tertiary/aromatic N) is 2. The van der Waals surface area contributed by atoms with Crippen LogP contribution in [0.3, 0.4) is 0 Å². The minimum Gasteiger partial charge on any atom is -0.497 e. The topological polar surface area (TPSA) is 80.2 Å². The van der Waals surface area contributed by atoms with Crippen molar-refractivity contribution < 1.29 is 19.1 Å². The normalized spacial score (nSPS) is 14.2. The molecule has 172 valence electrons. The van der Waals surface area contributed by atoms with Crippen LogP contribution in [0.25, 0.3) is 6.08 Å². The molecule has 0 aromatic heterocycles. The van der Waals surface area contributed by atoms with Gasteiger partial charge in [0.1, 0.15) is 23.0 Å². The molecule has 0 saturated heterocycles. The van der Waals surface area contributed by atoms with Crippen LogP contribution in [0.5, 0.6) is 11.5 Å². The number of anilines is 2. The van der Waals surface area contributed by atoms with Crippen LogP contribution in [0.4, 0.5) is 11.4 Å². The minimum atomic E-state index is -0.269. The number of amidine groups is 1. The summed E-state index contributed by atoms with van der Waals surface area (Å²) in [5, 5.41) is 2.82. The van der Waals surface area contributed by atoms with E-state index in [9.17, 15) is 9.59 Å². The van der Waals surface area contributed by atoms with Crippen LogP contribution in [0, 0.1) is 0 Å². The molecule has 4 rings (SSSR count). The van der Waals surface area contributed by atoms with Crippen molar-refractivity contribution in [3.05, 3.63) is 89.6 Å². The Labute approximate surface area is 198 Å². The molecule has 0 unspecified atom stereocenters. The number of aliphatic imine (C=N–C) groups is 1. The molecule has 7 heteroatoms. The molecule has 2 amide bonds. The van der Waals surface area contributed by atoms with Gasteiger partial charge in [-0.3, -0.25) is 14.5 Å². The first-order chi connectivity index (χ1) is 16.5. The molecule has 1 N–H and O–H groups in total. The molecule has 0 spiro atoms. The molecule has 1 aliphatic heterocycles. The summed E-state index contributed by atoms with van der Waals surface area (Å²) in [6, 6.07) is 22.0. The van der Waals surface area contributed by atoms with Crippen LogP contribution in [-0.4, -0.2) is 31.9 Å². The van der Waals surface area contributed by atoms with Gasteiger partial charge in [-0.2, -0.15) is 0 Å². The highest BCUT2D eigenvalue weighted by Crippen LogP contribution is 2.31. The standard InChI is InChI=1S/C27H25N3O4/c1-4-25(31)28-20-10-12-21(13-11-20)30-26(18-8-6-5-7-9-18)29-23(27(30)32)17-19-16-22(33-2)14-15-24(19)34-3/h5-17H,4H2,1-3H3,(H,28,31)/b23-17-. The van der Waals surface area contributed by atoms with Gasteiger partial charge in [-0.15, -0.1) is 0 Å². The number of hydrogen-bond donors (Lipinski definition) is 1. The quantitative estimate of drug-likeness (QED) is 0.515. The molecule has 1 heterocycles. The van der Waals surface area contributed by atoms with Gasteiger partial charge in [-0.05, 0) is 48.5 Å². The summed E-state index contributed by atoms with van der Waals surface area (Å²) < 4.78 is 10.8. The zero-order chi connectivity index (χ0) is 24.1. The number of carbonyl (C=O) groups is 2. The second-order valence-electron chi connectivity index (χ2n) is 7.53. The van der Waals surface area contributed by atoms with Crippen molar-refractivity contribution in [2.45, 2.75) is 13.3 Å². The lowest BCUT2D eigenvalue weighted by Crippen LogP contribution is -2.32. The number of rotatable bonds is 7. The average molecular weight is 456 g/mol. The second kappa shape index (κ2) is 10.0. The number of methoxy groups -OCH3 is 2. The maximum Gasteiger partial charge on any atom is 0.282 e. The van der Waals surface area contributed by atoms with Gasteiger partial charge in [-0.1, -0.05) is 37.3 Å². The zero-order valence-corrected chi connectivity index (χ0v) is 19.2. The molecule has 0 atom stereocenters. The SMILES string of the molecule is CCC(=O)Nc1ccc(N2C(=O)/C(=C/c3cc(OC)ccc3OC)N=C2c2ccccc2)cc1. The molecule has 3 aromatic carbocycles. The lowest BCUT2D eigenvalue weighted by molar-refractivity contribution is -0.116. The van der Waals surface area contributed by atoms with Gasteiger partial charge in [0.2, 0.25) is 5.91 Å². The van der Waals surface area contributed by atoms with Gasteiger partial charge in [0, 0.05) is 23.2 Å². The largest absolute Gasteiger partial charge is 0.497 e. The summed E-state index contributed by atoms with van der Waals surface area (Å²) >= 11 is 0. The fourth-order valence-electron chi connectivity index (χ4n) is 3.58. The van der Waals surface area contributed by atoms with E-state index in [1.165, 1.54) is 0 Å². The lowest BCUT2D eigenvalue weighted by Gasteiger charge is -2.19. The third-order valence-electron chi connectivity index (χ3n) is 5.35. The summed E-state index contributed by atoms with van der Waals surface area (Å²) in [7, 11) is 3.16. The first-order valence-electron chi connectivity index (χ1n) is 10.9. The Morgan fingerprint density at radius 3 is 2.38 bits per heavy atom. The number of carbonyl (C=O) groups excluding carboxylic acids is 2. The molecule has 0 aliphatic carbocycles. The van der Waals surface area contributed by atoms with Crippen LogP contribution in [-0.2, 0) is 9.59 Å². The molecule has 0 fully saturated rings. The first-order valence-corrected chi connectivity index (χ1v) is 10.9. The monoisotopic (exact) mass is 455 g/mol. The van der Waals surface area contributed by atoms with E-state index in [-0.39, 0.29) is 17.5 Å². The van der Waals surface area contributed by atoms with Gasteiger partial charge < -0.3 is 14.8 Å². The number of ether oxygens (including phenoxy) is 2. The van der Waals surface area contributed by atoms with Crippen LogP contribution in [0.15, 0.2) is 83.5 Å². The third-order valence-corrected chi connectivity index (χ3v) is 5.35. The Balaban J connectivity index is 1.76. The van der Waals surface area contributed by atoms with Crippen LogP contribution >= 0.6 is 0 Å². The number of benzene rings is 3. The zero-order valence-electron chi connectivity index (χ0n) is 19.2. The van der Waals surface area contributed by atoms with Crippen LogP contribution in [0.2, 0.25) is 0 Å². The highest BCUT2D eigenvalue weighted by Gasteiger charge is 2.32. The minimum absolute atomic E-state index is 0.0750. The van der Waals surface area contributed by atoms with Gasteiger partial charge in [-0.25, -0.2) is 4.99 Å². The number of hydrogen-bond acceptors (Lipinski definition) is 5. The van der Waals surface area contributed by atoms with Crippen LogP contribution in [0.1, 0.15) is 24.5 Å². The van der Waals surface area contributed by atoms with E-state index < -0.39 is 0 Å². The lowest BCUT2D eigenvalue weighted by atomic mass is 10.1. The Hall–Kier alpha value is -4.39. The van der Waals surface area contributed by atoms with Gasteiger partial charge in [0.25, 0.3) is 5.91 Å². The predicted octanol–water partition coefficient (Wildman–Crippen LogP) is 4.89. The van der Waals surface area contributed by atoms with Crippen molar-refractivity contribution in [1.82, 2.24) is 0 Å². The van der Waals surface area contributed by atoms with Crippen molar-refractivity contribution in [2.75, 3.05) is 24.4 Å². The fraction of sp³-hybridized carbons (Fsp3) is 0.148. The summed E-state index contributed by atoms with van der Waals surface area (Å²) in [5.41, 5.74) is 3.07. The third kappa shape index (κ3) is 4.68. The number of amides is 2. The molecule has 0 bridgehead atoms. The maximum absolute atomic E-state index is 13.6. The Bertz CT molecular complexity index is 1260.